The van der Waals surface area contributed by atoms with Gasteiger partial charge < -0.3 is 5.32 Å². The Morgan fingerprint density at radius 2 is 2.22 bits per heavy atom. The van der Waals surface area contributed by atoms with Crippen LogP contribution in [0, 0.1) is 17.8 Å². The van der Waals surface area contributed by atoms with Crippen LogP contribution in [-0.4, -0.2) is 23.1 Å². The normalized spacial score (nSPS) is 19.2. The molecule has 1 aromatic carbocycles. The van der Waals surface area contributed by atoms with Crippen LogP contribution >= 0.6 is 0 Å². The van der Waals surface area contributed by atoms with Crippen LogP contribution in [0.2, 0.25) is 0 Å². The molecule has 2 heterocycles. The van der Waals surface area contributed by atoms with Gasteiger partial charge in [-0.3, -0.25) is 0 Å². The predicted molar refractivity (Wildman–Crippen MR) is 72.0 cm³/mol. The van der Waals surface area contributed by atoms with Crippen LogP contribution in [0.1, 0.15) is 18.7 Å². The molecule has 1 N–H and O–H groups in total. The SMILES string of the molecule is C(#C[C@@H]1CCCNC1)c1ncc2ccccc2n1. The van der Waals surface area contributed by atoms with E-state index in [0.717, 1.165) is 24.0 Å². The molecule has 3 nitrogen and oxygen atoms in total. The summed E-state index contributed by atoms with van der Waals surface area (Å²) in [5.74, 6) is 7.42. The number of hydrogen-bond acceptors (Lipinski definition) is 3. The van der Waals surface area contributed by atoms with E-state index in [2.05, 4.69) is 27.1 Å². The molecular formula is C15H15N3. The molecule has 0 bridgehead atoms. The summed E-state index contributed by atoms with van der Waals surface area (Å²) in [5, 5.41) is 4.42. The third-order valence-corrected chi connectivity index (χ3v) is 3.17. The van der Waals surface area contributed by atoms with E-state index in [-0.39, 0.29) is 0 Å². The van der Waals surface area contributed by atoms with E-state index in [0.29, 0.717) is 11.7 Å². The van der Waals surface area contributed by atoms with Gasteiger partial charge in [0.15, 0.2) is 0 Å². The van der Waals surface area contributed by atoms with E-state index >= 15 is 0 Å². The number of para-hydroxylation sites is 1. The molecular weight excluding hydrogens is 222 g/mol. The van der Waals surface area contributed by atoms with Crippen molar-refractivity contribution >= 4 is 10.9 Å². The lowest BCUT2D eigenvalue weighted by molar-refractivity contribution is 0.449. The fourth-order valence-corrected chi connectivity index (χ4v) is 2.17. The van der Waals surface area contributed by atoms with Crippen molar-refractivity contribution in [1.82, 2.24) is 15.3 Å². The zero-order chi connectivity index (χ0) is 12.2. The van der Waals surface area contributed by atoms with Gasteiger partial charge in [0.1, 0.15) is 0 Å². The van der Waals surface area contributed by atoms with Crippen molar-refractivity contribution in [3.63, 3.8) is 0 Å². The highest BCUT2D eigenvalue weighted by atomic mass is 14.9. The largest absolute Gasteiger partial charge is 0.316 e. The molecule has 3 heteroatoms. The van der Waals surface area contributed by atoms with Crippen LogP contribution in [0.15, 0.2) is 30.5 Å². The second kappa shape index (κ2) is 5.16. The maximum absolute atomic E-state index is 4.45. The van der Waals surface area contributed by atoms with Crippen LogP contribution in [0.3, 0.4) is 0 Å². The quantitative estimate of drug-likeness (QED) is 0.712. The Labute approximate surface area is 107 Å². The second-order valence-electron chi connectivity index (χ2n) is 4.57. The standard InChI is InChI=1S/C15H15N3/c1-2-6-14-13(5-1)11-17-15(18-14)8-7-12-4-3-9-16-10-12/h1-2,5-6,11-12,16H,3-4,9-10H2/t12-/m0/s1. The zero-order valence-electron chi connectivity index (χ0n) is 10.2. The lowest BCUT2D eigenvalue weighted by Crippen LogP contribution is -2.28. The molecule has 1 aromatic heterocycles. The summed E-state index contributed by atoms with van der Waals surface area (Å²) in [6, 6.07) is 7.98. The molecule has 1 atom stereocenters. The van der Waals surface area contributed by atoms with Gasteiger partial charge in [0, 0.05) is 24.0 Å². The van der Waals surface area contributed by atoms with E-state index in [1.165, 1.54) is 12.8 Å². The number of aromatic nitrogens is 2. The number of benzene rings is 1. The van der Waals surface area contributed by atoms with Crippen molar-refractivity contribution in [2.75, 3.05) is 13.1 Å². The minimum absolute atomic E-state index is 0.439. The van der Waals surface area contributed by atoms with Crippen molar-refractivity contribution in [3.05, 3.63) is 36.3 Å². The highest BCUT2D eigenvalue weighted by Gasteiger charge is 2.09. The molecule has 1 aliphatic rings. The highest BCUT2D eigenvalue weighted by molar-refractivity contribution is 5.77. The van der Waals surface area contributed by atoms with E-state index in [1.807, 2.05) is 30.5 Å². The molecule has 0 radical (unpaired) electrons. The van der Waals surface area contributed by atoms with Crippen LogP contribution in [0.25, 0.3) is 10.9 Å². The Morgan fingerprint density at radius 1 is 1.28 bits per heavy atom. The summed E-state index contributed by atoms with van der Waals surface area (Å²) in [7, 11) is 0. The van der Waals surface area contributed by atoms with Gasteiger partial charge in [0.05, 0.1) is 5.52 Å². The minimum atomic E-state index is 0.439. The van der Waals surface area contributed by atoms with Gasteiger partial charge in [0.2, 0.25) is 5.82 Å². The maximum Gasteiger partial charge on any atom is 0.205 e. The van der Waals surface area contributed by atoms with Crippen LogP contribution in [-0.2, 0) is 0 Å². The molecule has 0 amide bonds. The van der Waals surface area contributed by atoms with Crippen molar-refractivity contribution in [1.29, 1.82) is 0 Å². The molecule has 2 aromatic rings. The Balaban J connectivity index is 1.84. The summed E-state index contributed by atoms with van der Waals surface area (Å²) >= 11 is 0. The summed E-state index contributed by atoms with van der Waals surface area (Å²) < 4.78 is 0. The molecule has 0 saturated carbocycles. The van der Waals surface area contributed by atoms with E-state index < -0.39 is 0 Å². The number of rotatable bonds is 0. The van der Waals surface area contributed by atoms with Gasteiger partial charge in [0.25, 0.3) is 0 Å². The molecule has 0 unspecified atom stereocenters. The summed E-state index contributed by atoms with van der Waals surface area (Å²) in [6.45, 7) is 2.10. The fourth-order valence-electron chi connectivity index (χ4n) is 2.17. The number of hydrogen-bond donors (Lipinski definition) is 1. The van der Waals surface area contributed by atoms with Crippen LogP contribution in [0.4, 0.5) is 0 Å². The lowest BCUT2D eigenvalue weighted by Gasteiger charge is -2.17. The zero-order valence-corrected chi connectivity index (χ0v) is 10.2. The van der Waals surface area contributed by atoms with Gasteiger partial charge in [-0.2, -0.15) is 0 Å². The molecule has 1 aliphatic heterocycles. The fraction of sp³-hybridized carbons (Fsp3) is 0.333. The topological polar surface area (TPSA) is 37.8 Å². The smallest absolute Gasteiger partial charge is 0.205 e. The maximum atomic E-state index is 4.45. The van der Waals surface area contributed by atoms with Crippen molar-refractivity contribution < 1.29 is 0 Å². The van der Waals surface area contributed by atoms with Crippen molar-refractivity contribution in [2.24, 2.45) is 5.92 Å². The summed E-state index contributed by atoms with van der Waals surface area (Å²) in [6.07, 6.45) is 4.22. The highest BCUT2D eigenvalue weighted by Crippen LogP contribution is 2.10. The first kappa shape index (κ1) is 11.2. The summed E-state index contributed by atoms with van der Waals surface area (Å²) in [4.78, 5) is 8.74. The predicted octanol–water partition coefficient (Wildman–Crippen LogP) is 1.98. The Kier molecular flexibility index (Phi) is 3.20. The van der Waals surface area contributed by atoms with E-state index in [4.69, 9.17) is 0 Å². The van der Waals surface area contributed by atoms with Gasteiger partial charge in [-0.15, -0.1) is 0 Å². The molecule has 1 saturated heterocycles. The van der Waals surface area contributed by atoms with Gasteiger partial charge in [-0.1, -0.05) is 24.1 Å². The van der Waals surface area contributed by atoms with Crippen molar-refractivity contribution in [3.8, 4) is 11.8 Å². The molecule has 3 rings (SSSR count). The second-order valence-corrected chi connectivity index (χ2v) is 4.57. The van der Waals surface area contributed by atoms with Crippen LogP contribution < -0.4 is 5.32 Å². The van der Waals surface area contributed by atoms with E-state index in [1.54, 1.807) is 0 Å². The van der Waals surface area contributed by atoms with Gasteiger partial charge in [-0.05, 0) is 31.4 Å². The number of piperidine rings is 1. The number of fused-ring (bicyclic) bond motifs is 1. The molecule has 18 heavy (non-hydrogen) atoms. The Morgan fingerprint density at radius 3 is 3.11 bits per heavy atom. The van der Waals surface area contributed by atoms with E-state index in [9.17, 15) is 0 Å². The first-order chi connectivity index (χ1) is 8.92. The van der Waals surface area contributed by atoms with Gasteiger partial charge in [-0.25, -0.2) is 9.97 Å². The van der Waals surface area contributed by atoms with Crippen LogP contribution in [0.5, 0.6) is 0 Å². The third kappa shape index (κ3) is 2.49. The van der Waals surface area contributed by atoms with Gasteiger partial charge >= 0.3 is 0 Å². The first-order valence-corrected chi connectivity index (χ1v) is 6.36. The number of nitrogens with zero attached hydrogens (tertiary/aromatic N) is 2. The molecule has 0 aliphatic carbocycles. The monoisotopic (exact) mass is 237 g/mol. The van der Waals surface area contributed by atoms with Crippen molar-refractivity contribution in [2.45, 2.75) is 12.8 Å². The lowest BCUT2D eigenvalue weighted by atomic mass is 10.0. The third-order valence-electron chi connectivity index (χ3n) is 3.17. The first-order valence-electron chi connectivity index (χ1n) is 6.36. The number of nitrogens with one attached hydrogen (secondary N) is 1. The Bertz CT molecular complexity index is 604. The average Bonchev–Trinajstić information content (AvgIpc) is 2.46. The average molecular weight is 237 g/mol. The molecule has 0 spiro atoms. The Hall–Kier alpha value is -1.92. The minimum Gasteiger partial charge on any atom is -0.316 e. The molecule has 90 valence electrons. The summed E-state index contributed by atoms with van der Waals surface area (Å²) in [5.41, 5.74) is 0.957. The molecule has 1 fully saturated rings.